The average molecular weight is 573 g/mol. The van der Waals surface area contributed by atoms with E-state index in [2.05, 4.69) is 29.4 Å². The number of anilines is 2. The van der Waals surface area contributed by atoms with Crippen LogP contribution in [0.5, 0.6) is 0 Å². The molecule has 11 heteroatoms. The Morgan fingerprint density at radius 2 is 1.76 bits per heavy atom. The van der Waals surface area contributed by atoms with Gasteiger partial charge in [0, 0.05) is 15.8 Å². The van der Waals surface area contributed by atoms with Crippen LogP contribution in [-0.4, -0.2) is 29.8 Å². The Hall–Kier alpha value is -2.92. The summed E-state index contributed by atoms with van der Waals surface area (Å²) in [5.41, 5.74) is 2.40. The Bertz CT molecular complexity index is 1490. The molecule has 0 fully saturated rings. The number of hydrogen-bond donors (Lipinski definition) is 1. The van der Waals surface area contributed by atoms with E-state index in [0.717, 1.165) is 9.90 Å². The van der Waals surface area contributed by atoms with E-state index in [1.807, 2.05) is 6.92 Å². The first-order valence-electron chi connectivity index (χ1n) is 11.4. The number of nitrogens with zero attached hydrogens (tertiary/aromatic N) is 3. The van der Waals surface area contributed by atoms with Crippen LogP contribution in [0.3, 0.4) is 0 Å². The Morgan fingerprint density at radius 3 is 2.43 bits per heavy atom. The van der Waals surface area contributed by atoms with Crippen molar-refractivity contribution in [3.63, 3.8) is 0 Å². The lowest BCUT2D eigenvalue weighted by molar-refractivity contribution is 0.102. The molecule has 0 aliphatic rings. The van der Waals surface area contributed by atoms with Crippen molar-refractivity contribution in [3.8, 4) is 0 Å². The van der Waals surface area contributed by atoms with E-state index in [9.17, 15) is 13.2 Å². The summed E-state index contributed by atoms with van der Waals surface area (Å²) in [6.07, 6.45) is 0. The summed E-state index contributed by atoms with van der Waals surface area (Å²) in [7, 11) is -3.89. The molecule has 1 N–H and O–H groups in total. The molecule has 0 radical (unpaired) electrons. The maximum Gasteiger partial charge on any atom is 0.264 e. The van der Waals surface area contributed by atoms with Crippen molar-refractivity contribution in [3.05, 3.63) is 94.5 Å². The minimum Gasteiger partial charge on any atom is -0.296 e. The van der Waals surface area contributed by atoms with Crippen LogP contribution in [0.2, 0.25) is 5.02 Å². The number of benzene rings is 3. The van der Waals surface area contributed by atoms with Crippen molar-refractivity contribution >= 4 is 61.4 Å². The molecule has 0 unspecified atom stereocenters. The highest BCUT2D eigenvalue weighted by Gasteiger charge is 2.26. The lowest BCUT2D eigenvalue weighted by Crippen LogP contribution is -2.31. The van der Waals surface area contributed by atoms with Crippen LogP contribution in [0.25, 0.3) is 0 Å². The van der Waals surface area contributed by atoms with Crippen molar-refractivity contribution in [2.24, 2.45) is 0 Å². The summed E-state index contributed by atoms with van der Waals surface area (Å²) >= 11 is 9.13. The van der Waals surface area contributed by atoms with Crippen LogP contribution < -0.4 is 9.62 Å². The number of sulfonamides is 1. The van der Waals surface area contributed by atoms with E-state index in [4.69, 9.17) is 11.6 Å². The second kappa shape index (κ2) is 11.6. The van der Waals surface area contributed by atoms with Gasteiger partial charge in [0.1, 0.15) is 0 Å². The number of hydrogen-bond acceptors (Lipinski definition) is 7. The summed E-state index contributed by atoms with van der Waals surface area (Å²) in [6.45, 7) is 6.02. The first-order valence-corrected chi connectivity index (χ1v) is 14.9. The summed E-state index contributed by atoms with van der Waals surface area (Å²) < 4.78 is 29.4. The van der Waals surface area contributed by atoms with Gasteiger partial charge in [-0.05, 0) is 54.4 Å². The molecule has 7 nitrogen and oxygen atoms in total. The molecule has 0 aliphatic carbocycles. The third-order valence-corrected chi connectivity index (χ3v) is 9.21. The van der Waals surface area contributed by atoms with Gasteiger partial charge in [0.15, 0.2) is 4.34 Å². The fourth-order valence-electron chi connectivity index (χ4n) is 3.48. The van der Waals surface area contributed by atoms with Crippen LogP contribution >= 0.6 is 34.7 Å². The molecule has 1 aromatic heterocycles. The van der Waals surface area contributed by atoms with E-state index in [-0.39, 0.29) is 17.3 Å². The zero-order valence-corrected chi connectivity index (χ0v) is 23.6. The van der Waals surface area contributed by atoms with Gasteiger partial charge in [0.25, 0.3) is 15.9 Å². The number of carbonyl (C=O) groups is 1. The predicted molar refractivity (Wildman–Crippen MR) is 151 cm³/mol. The monoisotopic (exact) mass is 572 g/mol. The van der Waals surface area contributed by atoms with Crippen LogP contribution in [0.15, 0.2) is 82.0 Å². The van der Waals surface area contributed by atoms with Crippen molar-refractivity contribution in [2.75, 3.05) is 9.62 Å². The number of amides is 1. The van der Waals surface area contributed by atoms with E-state index < -0.39 is 10.0 Å². The highest BCUT2D eigenvalue weighted by Crippen LogP contribution is 2.32. The van der Waals surface area contributed by atoms with Crippen molar-refractivity contribution in [1.82, 2.24) is 10.2 Å². The fourth-order valence-corrected chi connectivity index (χ4v) is 7.14. The lowest BCUT2D eigenvalue weighted by Gasteiger charge is -2.26. The number of aromatic nitrogens is 2. The molecular formula is C26H25ClN4O3S3. The Balaban J connectivity index is 1.57. The molecule has 3 aromatic carbocycles. The highest BCUT2D eigenvalue weighted by molar-refractivity contribution is 8.01. The standard InChI is InChI=1S/C26H25ClN4O3S3/c1-17(2)35-26-30-29-25(36-26)28-24(32)20-12-10-19(11-13-20)16-31(23-15-21(27)14-9-18(23)3)37(33,34)22-7-5-4-6-8-22/h4-15,17H,16H2,1-3H3,(H,28,29,32). The van der Waals surface area contributed by atoms with Gasteiger partial charge in [-0.3, -0.25) is 14.4 Å². The summed E-state index contributed by atoms with van der Waals surface area (Å²) in [6, 6.07) is 20.2. The SMILES string of the molecule is Cc1ccc(Cl)cc1N(Cc1ccc(C(=O)Nc2nnc(SC(C)C)s2)cc1)S(=O)(=O)c1ccccc1. The largest absolute Gasteiger partial charge is 0.296 e. The van der Waals surface area contributed by atoms with Gasteiger partial charge >= 0.3 is 0 Å². The maximum atomic E-state index is 13.7. The van der Waals surface area contributed by atoms with Crippen LogP contribution in [0.1, 0.15) is 35.3 Å². The van der Waals surface area contributed by atoms with E-state index in [1.54, 1.807) is 84.6 Å². The fraction of sp³-hybridized carbons (Fsp3) is 0.192. The summed E-state index contributed by atoms with van der Waals surface area (Å²) in [4.78, 5) is 12.9. The van der Waals surface area contributed by atoms with Crippen LogP contribution in [0, 0.1) is 6.92 Å². The third kappa shape index (κ3) is 6.70. The number of thioether (sulfide) groups is 1. The molecule has 0 saturated carbocycles. The molecule has 0 atom stereocenters. The van der Waals surface area contributed by atoms with Gasteiger partial charge in [0.05, 0.1) is 17.1 Å². The van der Waals surface area contributed by atoms with E-state index in [1.165, 1.54) is 15.6 Å². The molecule has 192 valence electrons. The van der Waals surface area contributed by atoms with Gasteiger partial charge in [-0.25, -0.2) is 8.42 Å². The Labute approximate surface area is 229 Å². The quantitative estimate of drug-likeness (QED) is 0.178. The van der Waals surface area contributed by atoms with Crippen molar-refractivity contribution in [2.45, 2.75) is 41.8 Å². The van der Waals surface area contributed by atoms with Gasteiger partial charge in [-0.1, -0.05) is 84.9 Å². The van der Waals surface area contributed by atoms with Gasteiger partial charge < -0.3 is 0 Å². The first-order chi connectivity index (χ1) is 17.6. The molecule has 1 amide bonds. The number of carbonyl (C=O) groups excluding carboxylic acids is 1. The molecule has 4 rings (SSSR count). The smallest absolute Gasteiger partial charge is 0.264 e. The number of halogens is 1. The molecule has 0 spiro atoms. The van der Waals surface area contributed by atoms with E-state index in [0.29, 0.717) is 32.2 Å². The van der Waals surface area contributed by atoms with Crippen LogP contribution in [-0.2, 0) is 16.6 Å². The first kappa shape index (κ1) is 27.1. The topological polar surface area (TPSA) is 92.3 Å². The second-order valence-electron chi connectivity index (χ2n) is 8.45. The minimum atomic E-state index is -3.89. The third-order valence-electron chi connectivity index (χ3n) is 5.28. The lowest BCUT2D eigenvalue weighted by atomic mass is 10.1. The number of nitrogens with one attached hydrogen (secondary N) is 1. The van der Waals surface area contributed by atoms with Crippen LogP contribution in [0.4, 0.5) is 10.8 Å². The predicted octanol–water partition coefficient (Wildman–Crippen LogP) is 6.65. The van der Waals surface area contributed by atoms with Gasteiger partial charge in [-0.15, -0.1) is 10.2 Å². The zero-order valence-electron chi connectivity index (χ0n) is 20.4. The number of aryl methyl sites for hydroxylation is 1. The molecule has 0 bridgehead atoms. The van der Waals surface area contributed by atoms with Gasteiger partial charge in [0.2, 0.25) is 5.13 Å². The molecule has 37 heavy (non-hydrogen) atoms. The van der Waals surface area contributed by atoms with Gasteiger partial charge in [-0.2, -0.15) is 0 Å². The minimum absolute atomic E-state index is 0.0620. The van der Waals surface area contributed by atoms with E-state index >= 15 is 0 Å². The number of rotatable bonds is 9. The summed E-state index contributed by atoms with van der Waals surface area (Å²) in [5.74, 6) is -0.316. The Kier molecular flexibility index (Phi) is 8.53. The molecule has 0 saturated heterocycles. The zero-order chi connectivity index (χ0) is 26.6. The summed E-state index contributed by atoms with van der Waals surface area (Å²) in [5, 5.41) is 12.1. The highest BCUT2D eigenvalue weighted by atomic mass is 35.5. The molecule has 0 aliphatic heterocycles. The average Bonchev–Trinajstić information content (AvgIpc) is 3.30. The van der Waals surface area contributed by atoms with Crippen molar-refractivity contribution in [1.29, 1.82) is 0 Å². The maximum absolute atomic E-state index is 13.7. The second-order valence-corrected chi connectivity index (χ2v) is 13.5. The molecule has 4 aromatic rings. The molecule has 1 heterocycles. The normalized spacial score (nSPS) is 11.5. The molecular weight excluding hydrogens is 548 g/mol. The van der Waals surface area contributed by atoms with Crippen molar-refractivity contribution < 1.29 is 13.2 Å². The Morgan fingerprint density at radius 1 is 1.05 bits per heavy atom.